The Bertz CT molecular complexity index is 177. The molecule has 1 aliphatic rings. The van der Waals surface area contributed by atoms with Gasteiger partial charge in [-0.2, -0.15) is 0 Å². The first-order valence-electron chi connectivity index (χ1n) is 4.28. The molecule has 0 aromatic carbocycles. The maximum atomic E-state index is 10.6. The van der Waals surface area contributed by atoms with Gasteiger partial charge in [0.2, 0.25) is 0 Å². The molecule has 0 aliphatic heterocycles. The first-order valence-corrected chi connectivity index (χ1v) is 4.28. The zero-order valence-corrected chi connectivity index (χ0v) is 7.39. The molecule has 0 amide bonds. The number of rotatable bonds is 3. The van der Waals surface area contributed by atoms with Crippen molar-refractivity contribution in [2.45, 2.75) is 39.5 Å². The molecule has 0 unspecified atom stereocenters. The number of carbonyl (C=O) groups excluding carboxylic acids is 1. The van der Waals surface area contributed by atoms with Crippen LogP contribution in [-0.2, 0) is 4.79 Å². The van der Waals surface area contributed by atoms with Crippen LogP contribution < -0.4 is 0 Å². The molecule has 62 valence electrons. The van der Waals surface area contributed by atoms with Crippen LogP contribution in [0.25, 0.3) is 0 Å². The van der Waals surface area contributed by atoms with Gasteiger partial charge in [-0.15, -0.1) is 0 Å². The van der Waals surface area contributed by atoms with Gasteiger partial charge in [-0.3, -0.25) is 0 Å². The van der Waals surface area contributed by atoms with Crippen molar-refractivity contribution in [2.24, 2.45) is 5.41 Å². The predicted octanol–water partition coefficient (Wildman–Crippen LogP) is 2.71. The number of allylic oxidation sites excluding steroid dienone is 2. The minimum Gasteiger partial charge on any atom is -0.303 e. The van der Waals surface area contributed by atoms with Crippen molar-refractivity contribution in [3.8, 4) is 0 Å². The predicted molar refractivity (Wildman–Crippen MR) is 46.4 cm³/mol. The van der Waals surface area contributed by atoms with Crippen LogP contribution in [0.3, 0.4) is 0 Å². The van der Waals surface area contributed by atoms with Crippen LogP contribution in [0.2, 0.25) is 0 Å². The van der Waals surface area contributed by atoms with E-state index in [-0.39, 0.29) is 5.41 Å². The fourth-order valence-corrected chi connectivity index (χ4v) is 1.52. The van der Waals surface area contributed by atoms with Crippen LogP contribution in [0.1, 0.15) is 39.5 Å². The molecule has 1 rings (SSSR count). The largest absolute Gasteiger partial charge is 0.303 e. The van der Waals surface area contributed by atoms with Crippen molar-refractivity contribution in [3.05, 3.63) is 11.6 Å². The van der Waals surface area contributed by atoms with E-state index in [2.05, 4.69) is 6.08 Å². The molecular formula is C10H16O. The second-order valence-corrected chi connectivity index (χ2v) is 4.04. The van der Waals surface area contributed by atoms with Gasteiger partial charge in [0.05, 0.1) is 0 Å². The fourth-order valence-electron chi connectivity index (χ4n) is 1.52. The molecule has 11 heavy (non-hydrogen) atoms. The van der Waals surface area contributed by atoms with E-state index in [0.29, 0.717) is 0 Å². The Balaban J connectivity index is 2.46. The Morgan fingerprint density at radius 2 is 2.36 bits per heavy atom. The molecule has 1 heteroatoms. The Labute approximate surface area is 68.5 Å². The van der Waals surface area contributed by atoms with E-state index >= 15 is 0 Å². The van der Waals surface area contributed by atoms with Crippen LogP contribution >= 0.6 is 0 Å². The molecule has 0 spiro atoms. The monoisotopic (exact) mass is 152 g/mol. The van der Waals surface area contributed by atoms with E-state index in [1.807, 2.05) is 13.8 Å². The van der Waals surface area contributed by atoms with Crippen LogP contribution in [-0.4, -0.2) is 6.29 Å². The van der Waals surface area contributed by atoms with E-state index in [0.717, 1.165) is 12.7 Å². The lowest BCUT2D eigenvalue weighted by Gasteiger charge is -2.16. The molecule has 1 nitrogen and oxygen atoms in total. The molecule has 0 aromatic rings. The third kappa shape index (κ3) is 2.49. The molecule has 0 N–H and O–H groups in total. The highest BCUT2D eigenvalue weighted by Crippen LogP contribution is 2.29. The van der Waals surface area contributed by atoms with Gasteiger partial charge >= 0.3 is 0 Å². The minimum atomic E-state index is -0.143. The molecule has 0 saturated carbocycles. The molecule has 0 aromatic heterocycles. The zero-order valence-electron chi connectivity index (χ0n) is 7.39. The van der Waals surface area contributed by atoms with Gasteiger partial charge in [-0.05, 0) is 25.7 Å². The second kappa shape index (κ2) is 3.21. The summed E-state index contributed by atoms with van der Waals surface area (Å²) in [5, 5.41) is 0. The lowest BCUT2D eigenvalue weighted by Crippen LogP contribution is -2.13. The van der Waals surface area contributed by atoms with E-state index in [1.54, 1.807) is 0 Å². The van der Waals surface area contributed by atoms with Gasteiger partial charge in [0, 0.05) is 5.41 Å². The quantitative estimate of drug-likeness (QED) is 0.449. The summed E-state index contributed by atoms with van der Waals surface area (Å²) in [6.07, 6.45) is 8.00. The lowest BCUT2D eigenvalue weighted by molar-refractivity contribution is -0.114. The summed E-state index contributed by atoms with van der Waals surface area (Å²) in [5.41, 5.74) is 1.33. The molecule has 0 saturated heterocycles. The maximum absolute atomic E-state index is 10.6. The van der Waals surface area contributed by atoms with Crippen LogP contribution in [0.5, 0.6) is 0 Å². The smallest absolute Gasteiger partial charge is 0.125 e. The zero-order chi connectivity index (χ0) is 8.32. The third-order valence-electron chi connectivity index (χ3n) is 2.14. The lowest BCUT2D eigenvalue weighted by atomic mass is 9.87. The SMILES string of the molecule is CC(C)(C=O)CC1=CCCC1. The van der Waals surface area contributed by atoms with E-state index < -0.39 is 0 Å². The average Bonchev–Trinajstić information content (AvgIpc) is 2.39. The van der Waals surface area contributed by atoms with Gasteiger partial charge in [0.1, 0.15) is 6.29 Å². The van der Waals surface area contributed by atoms with Gasteiger partial charge in [-0.25, -0.2) is 0 Å². The van der Waals surface area contributed by atoms with Crippen molar-refractivity contribution in [1.82, 2.24) is 0 Å². The summed E-state index contributed by atoms with van der Waals surface area (Å²) >= 11 is 0. The third-order valence-corrected chi connectivity index (χ3v) is 2.14. The van der Waals surface area contributed by atoms with Crippen LogP contribution in [0.4, 0.5) is 0 Å². The molecule has 0 bridgehead atoms. The topological polar surface area (TPSA) is 17.1 Å². The highest BCUT2D eigenvalue weighted by molar-refractivity contribution is 5.58. The first-order chi connectivity index (χ1) is 5.14. The standard InChI is InChI=1S/C10H16O/c1-10(2,8-11)7-9-5-3-4-6-9/h5,8H,3-4,6-7H2,1-2H3. The molecule has 0 heterocycles. The summed E-state index contributed by atoms with van der Waals surface area (Å²) in [6, 6.07) is 0. The summed E-state index contributed by atoms with van der Waals surface area (Å²) < 4.78 is 0. The summed E-state index contributed by atoms with van der Waals surface area (Å²) in [4.78, 5) is 10.6. The van der Waals surface area contributed by atoms with Gasteiger partial charge in [0.25, 0.3) is 0 Å². The van der Waals surface area contributed by atoms with Crippen molar-refractivity contribution in [2.75, 3.05) is 0 Å². The number of hydrogen-bond donors (Lipinski definition) is 0. The van der Waals surface area contributed by atoms with Gasteiger partial charge < -0.3 is 4.79 Å². The number of carbonyl (C=O) groups is 1. The normalized spacial score (nSPS) is 18.2. The molecule has 1 aliphatic carbocycles. The minimum absolute atomic E-state index is 0.143. The highest BCUT2D eigenvalue weighted by atomic mass is 16.1. The van der Waals surface area contributed by atoms with Crippen molar-refractivity contribution in [3.63, 3.8) is 0 Å². The van der Waals surface area contributed by atoms with Crippen molar-refractivity contribution in [1.29, 1.82) is 0 Å². The summed E-state index contributed by atoms with van der Waals surface area (Å²) in [7, 11) is 0. The van der Waals surface area contributed by atoms with E-state index in [1.165, 1.54) is 24.8 Å². The van der Waals surface area contributed by atoms with Gasteiger partial charge in [0.15, 0.2) is 0 Å². The van der Waals surface area contributed by atoms with Crippen LogP contribution in [0, 0.1) is 5.41 Å². The molecule has 0 atom stereocenters. The Morgan fingerprint density at radius 1 is 1.64 bits per heavy atom. The second-order valence-electron chi connectivity index (χ2n) is 4.04. The molecular weight excluding hydrogens is 136 g/mol. The van der Waals surface area contributed by atoms with Crippen molar-refractivity contribution >= 4 is 6.29 Å². The molecule has 0 fully saturated rings. The maximum Gasteiger partial charge on any atom is 0.125 e. The van der Waals surface area contributed by atoms with Crippen molar-refractivity contribution < 1.29 is 4.79 Å². The highest BCUT2D eigenvalue weighted by Gasteiger charge is 2.19. The van der Waals surface area contributed by atoms with E-state index in [4.69, 9.17) is 0 Å². The first kappa shape index (κ1) is 8.51. The van der Waals surface area contributed by atoms with E-state index in [9.17, 15) is 4.79 Å². The van der Waals surface area contributed by atoms with Gasteiger partial charge in [-0.1, -0.05) is 25.5 Å². The van der Waals surface area contributed by atoms with Crippen LogP contribution in [0.15, 0.2) is 11.6 Å². The Hall–Kier alpha value is -0.590. The molecule has 0 radical (unpaired) electrons. The number of hydrogen-bond acceptors (Lipinski definition) is 1. The fraction of sp³-hybridized carbons (Fsp3) is 0.700. The number of aldehydes is 1. The summed E-state index contributed by atoms with van der Waals surface area (Å²) in [5.74, 6) is 0. The Morgan fingerprint density at radius 3 is 2.82 bits per heavy atom. The Kier molecular flexibility index (Phi) is 2.48. The average molecular weight is 152 g/mol. The summed E-state index contributed by atoms with van der Waals surface area (Å²) in [6.45, 7) is 4.00.